The number of hydrogen-bond donors (Lipinski definition) is 0. The van der Waals surface area contributed by atoms with Crippen LogP contribution in [0.1, 0.15) is 15.9 Å². The van der Waals surface area contributed by atoms with Gasteiger partial charge in [0.15, 0.2) is 0 Å². The van der Waals surface area contributed by atoms with Crippen LogP contribution in [0.3, 0.4) is 0 Å². The molecular weight excluding hydrogens is 370 g/mol. The number of carbonyl (C=O) groups is 1. The van der Waals surface area contributed by atoms with Crippen molar-refractivity contribution >= 4 is 30.3 Å². The van der Waals surface area contributed by atoms with Crippen LogP contribution in [0.2, 0.25) is 19.6 Å². The van der Waals surface area contributed by atoms with Crippen LogP contribution in [0.25, 0.3) is 16.9 Å². The number of aromatic nitrogens is 5. The molecule has 0 spiro atoms. The van der Waals surface area contributed by atoms with Crippen molar-refractivity contribution in [1.82, 2.24) is 24.8 Å². The van der Waals surface area contributed by atoms with Gasteiger partial charge in [-0.1, -0.05) is 36.9 Å². The van der Waals surface area contributed by atoms with Crippen molar-refractivity contribution in [2.75, 3.05) is 7.11 Å². The monoisotopic (exact) mass is 395 g/mol. The lowest BCUT2D eigenvalue weighted by molar-refractivity contribution is 0.0601. The van der Waals surface area contributed by atoms with Crippen molar-refractivity contribution < 1.29 is 9.53 Å². The van der Waals surface area contributed by atoms with E-state index in [9.17, 15) is 4.79 Å². The summed E-state index contributed by atoms with van der Waals surface area (Å²) in [6.07, 6.45) is 4.30. The second-order valence-electron chi connectivity index (χ2n) is 7.56. The average molecular weight is 396 g/mol. The number of rotatable bonds is 7. The number of nitrogens with zero attached hydrogens (tertiary/aromatic N) is 5. The van der Waals surface area contributed by atoms with E-state index in [4.69, 9.17) is 4.74 Å². The van der Waals surface area contributed by atoms with Crippen molar-refractivity contribution in [3.05, 3.63) is 54.6 Å². The number of ether oxygens (including phenoxy) is 1. The molecule has 3 aromatic rings. The van der Waals surface area contributed by atoms with E-state index in [2.05, 4.69) is 52.8 Å². The van der Waals surface area contributed by atoms with Crippen LogP contribution in [-0.2, 0) is 17.7 Å². The number of benzene rings is 1. The van der Waals surface area contributed by atoms with Gasteiger partial charge in [0, 0.05) is 10.7 Å². The van der Waals surface area contributed by atoms with Crippen LogP contribution in [-0.4, -0.2) is 45.9 Å². The minimum atomic E-state index is -1.83. The number of carbonyl (C=O) groups excluding carboxylic acids is 1. The predicted octanol–water partition coefficient (Wildman–Crippen LogP) is 2.86. The quantitative estimate of drug-likeness (QED) is 0.349. The van der Waals surface area contributed by atoms with Gasteiger partial charge in [-0.15, -0.1) is 18.3 Å². The Balaban J connectivity index is 2.38. The number of fused-ring (bicyclic) bond motifs is 1. The number of hydrogen-bond acceptors (Lipinski definition) is 5. The third-order valence-corrected chi connectivity index (χ3v) is 6.43. The smallest absolute Gasteiger partial charge is 0.337 e. The molecule has 0 atom stereocenters. The molecule has 0 bridgehead atoms. The van der Waals surface area contributed by atoms with Crippen molar-refractivity contribution in [1.29, 1.82) is 0 Å². The Bertz CT molecular complexity index is 1060. The van der Waals surface area contributed by atoms with Gasteiger partial charge in [-0.05, 0) is 35.4 Å². The highest BCUT2D eigenvalue weighted by atomic mass is 28.3. The molecule has 0 aliphatic rings. The van der Waals surface area contributed by atoms with Crippen LogP contribution in [0.4, 0.5) is 0 Å². The zero-order valence-electron chi connectivity index (χ0n) is 16.8. The fraction of sp³-hybridized carbons (Fsp3) is 0.300. The van der Waals surface area contributed by atoms with Crippen LogP contribution < -0.4 is 5.32 Å². The van der Waals surface area contributed by atoms with Crippen molar-refractivity contribution in [3.8, 4) is 5.95 Å². The SMILES string of the molecule is C=CCc1c([Si](C)(C)C)n(-c2nnn(CC=C)n2)c2ccc(C(=O)OC)cc12. The summed E-state index contributed by atoms with van der Waals surface area (Å²) >= 11 is 0. The van der Waals surface area contributed by atoms with E-state index in [1.165, 1.54) is 17.2 Å². The molecule has 7 nitrogen and oxygen atoms in total. The van der Waals surface area contributed by atoms with E-state index >= 15 is 0 Å². The molecule has 28 heavy (non-hydrogen) atoms. The lowest BCUT2D eigenvalue weighted by atomic mass is 10.1. The number of tetrazole rings is 1. The first kappa shape index (κ1) is 19.8. The Labute approximate surface area is 165 Å². The maximum absolute atomic E-state index is 12.1. The van der Waals surface area contributed by atoms with Gasteiger partial charge in [-0.3, -0.25) is 4.57 Å². The second kappa shape index (κ2) is 7.55. The van der Waals surface area contributed by atoms with Crippen molar-refractivity contribution in [2.45, 2.75) is 32.6 Å². The summed E-state index contributed by atoms with van der Waals surface area (Å²) in [6.45, 7) is 15.0. The van der Waals surface area contributed by atoms with E-state index in [-0.39, 0.29) is 5.97 Å². The molecule has 0 amide bonds. The summed E-state index contributed by atoms with van der Waals surface area (Å²) in [5, 5.41) is 15.1. The fourth-order valence-electron chi connectivity index (χ4n) is 3.46. The molecule has 0 radical (unpaired) electrons. The zero-order valence-corrected chi connectivity index (χ0v) is 17.8. The molecule has 0 saturated carbocycles. The summed E-state index contributed by atoms with van der Waals surface area (Å²) in [4.78, 5) is 13.6. The fourth-order valence-corrected chi connectivity index (χ4v) is 5.50. The van der Waals surface area contributed by atoms with Gasteiger partial charge in [0.25, 0.3) is 5.95 Å². The topological polar surface area (TPSA) is 74.8 Å². The molecule has 1 aromatic carbocycles. The van der Waals surface area contributed by atoms with Crippen LogP contribution in [0, 0.1) is 0 Å². The lowest BCUT2D eigenvalue weighted by Crippen LogP contribution is -2.44. The van der Waals surface area contributed by atoms with E-state index in [0.29, 0.717) is 24.5 Å². The van der Waals surface area contributed by atoms with Crippen molar-refractivity contribution in [2.24, 2.45) is 0 Å². The van der Waals surface area contributed by atoms with Crippen LogP contribution in [0.5, 0.6) is 0 Å². The third-order valence-electron chi connectivity index (χ3n) is 4.49. The van der Waals surface area contributed by atoms with Gasteiger partial charge < -0.3 is 4.74 Å². The molecule has 3 rings (SSSR count). The second-order valence-corrected chi connectivity index (χ2v) is 12.5. The Kier molecular flexibility index (Phi) is 5.33. The standard InChI is InChI=1S/C20H25N5O2Si/c1-7-9-15-16-13-14(19(26)27-3)10-11-17(16)25(18(15)28(4,5)6)20-21-23-24(22-20)12-8-2/h7-8,10-11,13H,1-2,9,12H2,3-6H3. The molecule has 0 fully saturated rings. The summed E-state index contributed by atoms with van der Waals surface area (Å²) < 4.78 is 6.98. The third kappa shape index (κ3) is 3.43. The van der Waals surface area contributed by atoms with Gasteiger partial charge in [0.05, 0.1) is 32.8 Å². The summed E-state index contributed by atoms with van der Waals surface area (Å²) in [6, 6.07) is 5.57. The zero-order chi connectivity index (χ0) is 20.5. The Hall–Kier alpha value is -3.00. The normalized spacial score (nSPS) is 11.6. The van der Waals surface area contributed by atoms with Crippen molar-refractivity contribution in [3.63, 3.8) is 0 Å². The molecule has 2 aromatic heterocycles. The highest BCUT2D eigenvalue weighted by molar-refractivity contribution is 6.88. The minimum Gasteiger partial charge on any atom is -0.465 e. The molecular formula is C20H25N5O2Si. The summed E-state index contributed by atoms with van der Waals surface area (Å²) in [7, 11) is -0.439. The molecule has 2 heterocycles. The Morgan fingerprint density at radius 3 is 2.61 bits per heavy atom. The predicted molar refractivity (Wildman–Crippen MR) is 113 cm³/mol. The Morgan fingerprint density at radius 2 is 2.00 bits per heavy atom. The maximum Gasteiger partial charge on any atom is 0.337 e. The molecule has 0 N–H and O–H groups in total. The number of methoxy groups -OCH3 is 1. The van der Waals surface area contributed by atoms with E-state index in [1.807, 2.05) is 18.2 Å². The van der Waals surface area contributed by atoms with Crippen LogP contribution >= 0.6 is 0 Å². The van der Waals surface area contributed by atoms with Gasteiger partial charge >= 0.3 is 5.97 Å². The van der Waals surface area contributed by atoms with E-state index in [0.717, 1.165) is 16.5 Å². The van der Waals surface area contributed by atoms with Crippen LogP contribution in [0.15, 0.2) is 43.5 Å². The largest absolute Gasteiger partial charge is 0.465 e. The first-order valence-corrected chi connectivity index (χ1v) is 12.6. The first-order chi connectivity index (χ1) is 13.3. The van der Waals surface area contributed by atoms with Gasteiger partial charge in [-0.25, -0.2) is 4.79 Å². The van der Waals surface area contributed by atoms with E-state index < -0.39 is 8.07 Å². The number of esters is 1. The highest BCUT2D eigenvalue weighted by Crippen LogP contribution is 2.27. The first-order valence-electron chi connectivity index (χ1n) is 9.08. The number of allylic oxidation sites excluding steroid dienone is 2. The summed E-state index contributed by atoms with van der Waals surface area (Å²) in [5.74, 6) is 0.161. The molecule has 0 aliphatic heterocycles. The van der Waals surface area contributed by atoms with Gasteiger partial charge in [0.2, 0.25) is 0 Å². The molecule has 0 saturated heterocycles. The highest BCUT2D eigenvalue weighted by Gasteiger charge is 2.30. The van der Waals surface area contributed by atoms with Gasteiger partial charge in [0.1, 0.15) is 0 Å². The molecule has 8 heteroatoms. The van der Waals surface area contributed by atoms with Gasteiger partial charge in [-0.2, -0.15) is 4.80 Å². The average Bonchev–Trinajstić information content (AvgIpc) is 3.23. The lowest BCUT2D eigenvalue weighted by Gasteiger charge is -2.20. The minimum absolute atomic E-state index is 0.358. The molecule has 0 aliphatic carbocycles. The Morgan fingerprint density at radius 1 is 1.25 bits per heavy atom. The van der Waals surface area contributed by atoms with E-state index in [1.54, 1.807) is 12.1 Å². The molecule has 146 valence electrons. The maximum atomic E-state index is 12.1. The summed E-state index contributed by atoms with van der Waals surface area (Å²) in [5.41, 5.74) is 2.61. The molecule has 0 unspecified atom stereocenters.